The van der Waals surface area contributed by atoms with Gasteiger partial charge >= 0.3 is 6.18 Å². The molecule has 0 aromatic heterocycles. The molecule has 0 saturated heterocycles. The highest BCUT2D eigenvalue weighted by Crippen LogP contribution is 2.45. The molecule has 0 spiro atoms. The van der Waals surface area contributed by atoms with Gasteiger partial charge in [-0.15, -0.1) is 0 Å². The molecule has 0 atom stereocenters. The molecule has 2 aliphatic rings. The van der Waals surface area contributed by atoms with Gasteiger partial charge in [-0.05, 0) is 92.0 Å². The van der Waals surface area contributed by atoms with Crippen LogP contribution in [0.15, 0.2) is 36.4 Å². The molecular formula is C30H33F7. The lowest BCUT2D eigenvalue weighted by Gasteiger charge is -2.38. The molecule has 0 nitrogen and oxygen atoms in total. The van der Waals surface area contributed by atoms with Crippen molar-refractivity contribution >= 4 is 11.7 Å². The Hall–Kier alpha value is -2.31. The average molecular weight is 527 g/mol. The molecule has 0 aliphatic heterocycles. The number of alkyl halides is 3. The van der Waals surface area contributed by atoms with Crippen LogP contribution in [0.5, 0.6) is 0 Å². The lowest BCUT2D eigenvalue weighted by molar-refractivity contribution is -0.140. The fourth-order valence-corrected chi connectivity index (χ4v) is 6.37. The van der Waals surface area contributed by atoms with Crippen LogP contribution in [0.3, 0.4) is 0 Å². The molecule has 0 radical (unpaired) electrons. The third-order valence-electron chi connectivity index (χ3n) is 8.45. The molecule has 0 heterocycles. The highest BCUT2D eigenvalue weighted by molar-refractivity contribution is 5.83. The van der Waals surface area contributed by atoms with E-state index in [2.05, 4.69) is 6.92 Å². The summed E-state index contributed by atoms with van der Waals surface area (Å²) in [5.74, 6) is -3.39. The normalized spacial score (nSPS) is 25.6. The van der Waals surface area contributed by atoms with Crippen molar-refractivity contribution in [3.8, 4) is 0 Å². The van der Waals surface area contributed by atoms with Crippen molar-refractivity contribution in [1.29, 1.82) is 0 Å². The monoisotopic (exact) mass is 526 g/mol. The quantitative estimate of drug-likeness (QED) is 0.259. The molecule has 7 heteroatoms. The Morgan fingerprint density at radius 1 is 0.757 bits per heavy atom. The van der Waals surface area contributed by atoms with E-state index in [4.69, 9.17) is 0 Å². The van der Waals surface area contributed by atoms with Crippen LogP contribution in [0.2, 0.25) is 0 Å². The van der Waals surface area contributed by atoms with Gasteiger partial charge in [0.15, 0.2) is 11.7 Å². The highest BCUT2D eigenvalue weighted by atomic mass is 19.4. The van der Waals surface area contributed by atoms with Gasteiger partial charge in [-0.1, -0.05) is 44.7 Å². The predicted octanol–water partition coefficient (Wildman–Crippen LogP) is 10.6. The number of hydrogen-bond donors (Lipinski definition) is 0. The number of halogens is 7. The van der Waals surface area contributed by atoms with Crippen LogP contribution in [0.25, 0.3) is 11.7 Å². The summed E-state index contributed by atoms with van der Waals surface area (Å²) in [5, 5.41) is 0. The van der Waals surface area contributed by atoms with Crippen LogP contribution in [0.4, 0.5) is 30.7 Å². The Bertz CT molecular complexity index is 1100. The number of rotatable bonds is 6. The van der Waals surface area contributed by atoms with E-state index >= 15 is 0 Å². The largest absolute Gasteiger partial charge is 0.419 e. The SMILES string of the molecule is CCCC1CCC(C2CCC(c3ccc(/C(F)=C(\F)c4ccc(C(F)(F)F)c(F)c4)c(F)c3)CC2)CC1. The third kappa shape index (κ3) is 6.40. The first-order chi connectivity index (χ1) is 17.6. The second-order valence-electron chi connectivity index (χ2n) is 10.7. The topological polar surface area (TPSA) is 0 Å². The predicted molar refractivity (Wildman–Crippen MR) is 132 cm³/mol. The van der Waals surface area contributed by atoms with Gasteiger partial charge in [0.2, 0.25) is 0 Å². The summed E-state index contributed by atoms with van der Waals surface area (Å²) in [6.45, 7) is 2.24. The van der Waals surface area contributed by atoms with E-state index in [1.807, 2.05) is 0 Å². The first-order valence-electron chi connectivity index (χ1n) is 13.3. The van der Waals surface area contributed by atoms with E-state index in [0.29, 0.717) is 18.1 Å². The maximum atomic E-state index is 14.8. The van der Waals surface area contributed by atoms with Crippen LogP contribution in [0.1, 0.15) is 99.3 Å². The molecule has 0 N–H and O–H groups in total. The van der Waals surface area contributed by atoms with Crippen LogP contribution >= 0.6 is 0 Å². The van der Waals surface area contributed by atoms with Crippen molar-refractivity contribution in [2.24, 2.45) is 17.8 Å². The van der Waals surface area contributed by atoms with Gasteiger partial charge in [0.25, 0.3) is 0 Å². The first-order valence-corrected chi connectivity index (χ1v) is 13.3. The molecule has 2 aromatic carbocycles. The van der Waals surface area contributed by atoms with Crippen LogP contribution in [0, 0.1) is 29.4 Å². The van der Waals surface area contributed by atoms with E-state index < -0.39 is 46.2 Å². The molecule has 2 fully saturated rings. The fourth-order valence-electron chi connectivity index (χ4n) is 6.37. The summed E-state index contributed by atoms with van der Waals surface area (Å²) in [6.07, 6.45) is 6.85. The van der Waals surface area contributed by atoms with Gasteiger partial charge in [-0.3, -0.25) is 0 Å². The Morgan fingerprint density at radius 2 is 1.38 bits per heavy atom. The van der Waals surface area contributed by atoms with E-state index in [0.717, 1.165) is 49.1 Å². The Kier molecular flexibility index (Phi) is 8.70. The van der Waals surface area contributed by atoms with Gasteiger partial charge < -0.3 is 0 Å². The van der Waals surface area contributed by atoms with Crippen LogP contribution in [-0.4, -0.2) is 0 Å². The molecule has 0 unspecified atom stereocenters. The number of hydrogen-bond acceptors (Lipinski definition) is 0. The molecule has 4 rings (SSSR count). The molecule has 2 aliphatic carbocycles. The van der Waals surface area contributed by atoms with Gasteiger partial charge in [0.05, 0.1) is 5.56 Å². The zero-order chi connectivity index (χ0) is 26.7. The summed E-state index contributed by atoms with van der Waals surface area (Å²) in [4.78, 5) is 0. The molecule has 37 heavy (non-hydrogen) atoms. The van der Waals surface area contributed by atoms with E-state index in [1.54, 1.807) is 6.07 Å². The lowest BCUT2D eigenvalue weighted by Crippen LogP contribution is -2.25. The molecular weight excluding hydrogens is 493 g/mol. The van der Waals surface area contributed by atoms with E-state index in [-0.39, 0.29) is 12.0 Å². The Labute approximate surface area is 214 Å². The third-order valence-corrected chi connectivity index (χ3v) is 8.45. The minimum Gasteiger partial charge on any atom is -0.206 e. The van der Waals surface area contributed by atoms with Crippen LogP contribution < -0.4 is 0 Å². The van der Waals surface area contributed by atoms with Crippen molar-refractivity contribution in [2.45, 2.75) is 83.2 Å². The molecule has 202 valence electrons. The second kappa shape index (κ2) is 11.6. The van der Waals surface area contributed by atoms with Gasteiger partial charge in [-0.25, -0.2) is 17.6 Å². The fraction of sp³-hybridized carbons (Fsp3) is 0.533. The Balaban J connectivity index is 1.41. The van der Waals surface area contributed by atoms with Crippen molar-refractivity contribution in [3.05, 3.63) is 70.3 Å². The molecule has 0 amide bonds. The first kappa shape index (κ1) is 27.7. The van der Waals surface area contributed by atoms with Crippen molar-refractivity contribution in [3.63, 3.8) is 0 Å². The van der Waals surface area contributed by atoms with Crippen molar-refractivity contribution < 1.29 is 30.7 Å². The standard InChI is InChI=1S/C30H33F7/c1-2-3-18-4-6-19(7-5-18)20-8-10-21(11-9-20)22-12-14-24(26(31)16-22)29(34)28(33)23-13-15-25(27(32)17-23)30(35,36)37/h12-21H,2-11H2,1H3/b29-28+. The van der Waals surface area contributed by atoms with E-state index in [1.165, 1.54) is 44.6 Å². The average Bonchev–Trinajstić information content (AvgIpc) is 2.88. The zero-order valence-corrected chi connectivity index (χ0v) is 21.0. The lowest BCUT2D eigenvalue weighted by atomic mass is 9.68. The van der Waals surface area contributed by atoms with Gasteiger partial charge in [0.1, 0.15) is 11.6 Å². The second-order valence-corrected chi connectivity index (χ2v) is 10.7. The summed E-state index contributed by atoms with van der Waals surface area (Å²) in [6, 6.07) is 5.18. The summed E-state index contributed by atoms with van der Waals surface area (Å²) < 4.78 is 96.2. The number of benzene rings is 2. The summed E-state index contributed by atoms with van der Waals surface area (Å²) >= 11 is 0. The molecule has 2 aromatic rings. The smallest absolute Gasteiger partial charge is 0.206 e. The van der Waals surface area contributed by atoms with Gasteiger partial charge in [0, 0.05) is 11.1 Å². The minimum absolute atomic E-state index is 0.150. The summed E-state index contributed by atoms with van der Waals surface area (Å²) in [7, 11) is 0. The Morgan fingerprint density at radius 3 is 1.92 bits per heavy atom. The van der Waals surface area contributed by atoms with Gasteiger partial charge in [-0.2, -0.15) is 13.2 Å². The zero-order valence-electron chi connectivity index (χ0n) is 21.0. The van der Waals surface area contributed by atoms with Crippen molar-refractivity contribution in [1.82, 2.24) is 0 Å². The van der Waals surface area contributed by atoms with Crippen molar-refractivity contribution in [2.75, 3.05) is 0 Å². The van der Waals surface area contributed by atoms with E-state index in [9.17, 15) is 30.7 Å². The maximum absolute atomic E-state index is 14.8. The maximum Gasteiger partial charge on any atom is 0.419 e. The highest BCUT2D eigenvalue weighted by Gasteiger charge is 2.34. The minimum atomic E-state index is -4.96. The summed E-state index contributed by atoms with van der Waals surface area (Å²) in [5.41, 5.74) is -2.22. The molecule has 2 saturated carbocycles. The van der Waals surface area contributed by atoms with Crippen LogP contribution in [-0.2, 0) is 6.18 Å². The molecule has 0 bridgehead atoms.